The lowest BCUT2D eigenvalue weighted by Gasteiger charge is -2.16. The zero-order valence-electron chi connectivity index (χ0n) is 22.3. The molecule has 1 atom stereocenters. The highest BCUT2D eigenvalue weighted by Gasteiger charge is 2.18. The van der Waals surface area contributed by atoms with Gasteiger partial charge in [-0.15, -0.1) is 0 Å². The average molecular weight is 510 g/mol. The van der Waals surface area contributed by atoms with Gasteiger partial charge in [0.15, 0.2) is 0 Å². The van der Waals surface area contributed by atoms with E-state index in [1.165, 1.54) is 18.2 Å². The maximum absolute atomic E-state index is 12.5. The van der Waals surface area contributed by atoms with Gasteiger partial charge in [0.2, 0.25) is 0 Å². The molecule has 37 heavy (non-hydrogen) atoms. The van der Waals surface area contributed by atoms with Crippen molar-refractivity contribution in [1.82, 2.24) is 0 Å². The van der Waals surface area contributed by atoms with Crippen molar-refractivity contribution >= 4 is 17.6 Å². The van der Waals surface area contributed by atoms with E-state index in [9.17, 15) is 14.7 Å². The molecule has 0 aliphatic heterocycles. The molecule has 6 heteroatoms. The molecule has 1 amide bonds. The number of carboxylic acids is 1. The van der Waals surface area contributed by atoms with Gasteiger partial charge in [-0.2, -0.15) is 0 Å². The summed E-state index contributed by atoms with van der Waals surface area (Å²) in [6.07, 6.45) is 29.5. The normalized spacial score (nSPS) is 13.0. The third-order valence-corrected chi connectivity index (χ3v) is 5.40. The molecule has 0 aliphatic rings. The lowest BCUT2D eigenvalue weighted by atomic mass is 10.1. The van der Waals surface area contributed by atoms with Crippen molar-refractivity contribution in [2.45, 2.75) is 77.7 Å². The number of unbranched alkanes of at least 4 members (excludes halogenated alkanes) is 2. The van der Waals surface area contributed by atoms with Crippen LogP contribution in [0.2, 0.25) is 0 Å². The van der Waals surface area contributed by atoms with Gasteiger partial charge in [-0.3, -0.25) is 4.79 Å². The lowest BCUT2D eigenvalue weighted by Crippen LogP contribution is -2.30. The summed E-state index contributed by atoms with van der Waals surface area (Å²) >= 11 is 0. The molecular formula is C31H43NO5. The number of carbonyl (C=O) groups excluding carboxylic acids is 1. The number of allylic oxidation sites excluding steroid dienone is 10. The van der Waals surface area contributed by atoms with Crippen LogP contribution in [0.25, 0.3) is 0 Å². The predicted molar refractivity (Wildman–Crippen MR) is 152 cm³/mol. The monoisotopic (exact) mass is 509 g/mol. The number of phenols is 1. The van der Waals surface area contributed by atoms with Crippen LogP contribution in [0.1, 0.15) is 82.0 Å². The number of aromatic hydroxyl groups is 1. The molecular weight excluding hydrogens is 466 g/mol. The van der Waals surface area contributed by atoms with Gasteiger partial charge < -0.3 is 20.3 Å². The molecule has 0 fully saturated rings. The molecule has 0 spiro atoms. The van der Waals surface area contributed by atoms with Gasteiger partial charge in [0, 0.05) is 12.3 Å². The molecule has 1 aromatic rings. The zero-order chi connectivity index (χ0) is 27.1. The molecule has 1 unspecified atom stereocenters. The number of carbonyl (C=O) groups is 2. The van der Waals surface area contributed by atoms with Crippen LogP contribution in [-0.4, -0.2) is 34.8 Å². The van der Waals surface area contributed by atoms with E-state index in [1.807, 2.05) is 6.92 Å². The van der Waals surface area contributed by atoms with Crippen molar-refractivity contribution in [3.63, 3.8) is 0 Å². The highest BCUT2D eigenvalue weighted by molar-refractivity contribution is 5.97. The van der Waals surface area contributed by atoms with E-state index in [4.69, 9.17) is 9.84 Å². The minimum absolute atomic E-state index is 0.262. The summed E-state index contributed by atoms with van der Waals surface area (Å²) in [5.41, 5.74) is 0.0439. The number of nitrogens with one attached hydrogen (secondary N) is 1. The number of amides is 1. The Labute approximate surface area is 222 Å². The second-order valence-corrected chi connectivity index (χ2v) is 8.50. The fraction of sp³-hybridized carbons (Fsp3) is 0.419. The molecule has 202 valence electrons. The number of hydrogen-bond donors (Lipinski definition) is 3. The molecule has 0 bridgehead atoms. The number of hydrogen-bond acceptors (Lipinski definition) is 4. The fourth-order valence-corrected chi connectivity index (χ4v) is 3.35. The van der Waals surface area contributed by atoms with Crippen LogP contribution in [0.3, 0.4) is 0 Å². The largest absolute Gasteiger partial charge is 0.507 e. The van der Waals surface area contributed by atoms with Crippen molar-refractivity contribution < 1.29 is 24.5 Å². The van der Waals surface area contributed by atoms with Gasteiger partial charge in [0.25, 0.3) is 5.91 Å². The molecule has 0 aromatic heterocycles. The Morgan fingerprint density at radius 3 is 1.97 bits per heavy atom. The molecule has 1 aromatic carbocycles. The number of carboxylic acid groups (broad SMARTS) is 1. The van der Waals surface area contributed by atoms with Gasteiger partial charge in [-0.05, 0) is 76.0 Å². The van der Waals surface area contributed by atoms with Crippen molar-refractivity contribution in [1.29, 1.82) is 0 Å². The van der Waals surface area contributed by atoms with Crippen LogP contribution in [0.15, 0.2) is 79.0 Å². The van der Waals surface area contributed by atoms with Crippen LogP contribution < -0.4 is 5.32 Å². The van der Waals surface area contributed by atoms with Crippen LogP contribution in [0.5, 0.6) is 5.75 Å². The molecule has 0 heterocycles. The number of rotatable bonds is 19. The molecule has 6 nitrogen and oxygen atoms in total. The minimum Gasteiger partial charge on any atom is -0.507 e. The molecule has 1 rings (SSSR count). The van der Waals surface area contributed by atoms with E-state index in [0.29, 0.717) is 18.7 Å². The Kier molecular flexibility index (Phi) is 17.8. The van der Waals surface area contributed by atoms with E-state index < -0.39 is 12.1 Å². The standard InChI is InChI=1S/C31H43NO5/c1-3-5-6-7-8-9-10-11-12-13-14-15-16-17-18-19-20-21-24-37-29(4-2)30(34)32-26-22-23-28(33)27(25-26)31(35)36/h5-6,8-9,11-12,14-15,17-18,22-23,25,29,33H,3-4,7,10,13,16,19-21,24H2,1-2H3,(H,32,34)(H,35,36). The van der Waals surface area contributed by atoms with E-state index in [2.05, 4.69) is 73.0 Å². The highest BCUT2D eigenvalue weighted by atomic mass is 16.5. The predicted octanol–water partition coefficient (Wildman–Crippen LogP) is 7.75. The Bertz CT molecular complexity index is 943. The van der Waals surface area contributed by atoms with Crippen LogP contribution in [0, 0.1) is 0 Å². The molecule has 0 saturated heterocycles. The SMILES string of the molecule is CCC=CCC=CCC=CCC=CCC=CCCCCOC(CC)C(=O)Nc1ccc(O)c(C(=O)O)c1. The number of aromatic carboxylic acids is 1. The Morgan fingerprint density at radius 1 is 0.865 bits per heavy atom. The first kappa shape index (κ1) is 31.6. The minimum atomic E-state index is -1.26. The number of benzene rings is 1. The van der Waals surface area contributed by atoms with Gasteiger partial charge in [-0.25, -0.2) is 4.79 Å². The van der Waals surface area contributed by atoms with E-state index in [1.54, 1.807) is 0 Å². The summed E-state index contributed by atoms with van der Waals surface area (Å²) in [4.78, 5) is 23.6. The molecule has 3 N–H and O–H groups in total. The van der Waals surface area contributed by atoms with E-state index in [0.717, 1.165) is 51.4 Å². The van der Waals surface area contributed by atoms with Gasteiger partial charge in [0.05, 0.1) is 0 Å². The first-order chi connectivity index (χ1) is 18.0. The lowest BCUT2D eigenvalue weighted by molar-refractivity contribution is -0.127. The summed E-state index contributed by atoms with van der Waals surface area (Å²) < 4.78 is 5.73. The summed E-state index contributed by atoms with van der Waals surface area (Å²) in [5, 5.41) is 21.3. The van der Waals surface area contributed by atoms with Crippen molar-refractivity contribution in [2.24, 2.45) is 0 Å². The Balaban J connectivity index is 2.15. The first-order valence-electron chi connectivity index (χ1n) is 13.2. The zero-order valence-corrected chi connectivity index (χ0v) is 22.3. The Hall–Kier alpha value is -3.38. The summed E-state index contributed by atoms with van der Waals surface area (Å²) in [5.74, 6) is -1.94. The summed E-state index contributed by atoms with van der Waals surface area (Å²) in [6, 6.07) is 3.93. The van der Waals surface area contributed by atoms with Crippen LogP contribution >= 0.6 is 0 Å². The average Bonchev–Trinajstić information content (AvgIpc) is 2.88. The first-order valence-corrected chi connectivity index (χ1v) is 13.2. The third kappa shape index (κ3) is 15.4. The Morgan fingerprint density at radius 2 is 1.43 bits per heavy atom. The molecule has 0 radical (unpaired) electrons. The third-order valence-electron chi connectivity index (χ3n) is 5.40. The van der Waals surface area contributed by atoms with Crippen LogP contribution in [-0.2, 0) is 9.53 Å². The quantitative estimate of drug-likeness (QED) is 0.101. The number of anilines is 1. The second kappa shape index (κ2) is 20.8. The molecule has 0 aliphatic carbocycles. The fourth-order valence-electron chi connectivity index (χ4n) is 3.35. The van der Waals surface area contributed by atoms with Crippen molar-refractivity contribution in [2.75, 3.05) is 11.9 Å². The van der Waals surface area contributed by atoms with Gasteiger partial charge in [-0.1, -0.05) is 74.6 Å². The topological polar surface area (TPSA) is 95.9 Å². The maximum atomic E-state index is 12.5. The van der Waals surface area contributed by atoms with Crippen LogP contribution in [0.4, 0.5) is 5.69 Å². The van der Waals surface area contributed by atoms with E-state index >= 15 is 0 Å². The van der Waals surface area contributed by atoms with Crippen molar-refractivity contribution in [3.8, 4) is 5.75 Å². The second-order valence-electron chi connectivity index (χ2n) is 8.50. The molecule has 0 saturated carbocycles. The summed E-state index contributed by atoms with van der Waals surface area (Å²) in [6.45, 7) is 4.48. The van der Waals surface area contributed by atoms with Gasteiger partial charge >= 0.3 is 5.97 Å². The number of ether oxygens (including phenoxy) is 1. The smallest absolute Gasteiger partial charge is 0.339 e. The van der Waals surface area contributed by atoms with E-state index in [-0.39, 0.29) is 17.2 Å². The highest BCUT2D eigenvalue weighted by Crippen LogP contribution is 2.22. The van der Waals surface area contributed by atoms with Crippen molar-refractivity contribution in [3.05, 3.63) is 84.5 Å². The van der Waals surface area contributed by atoms with Gasteiger partial charge in [0.1, 0.15) is 17.4 Å². The summed E-state index contributed by atoms with van der Waals surface area (Å²) in [7, 11) is 0. The maximum Gasteiger partial charge on any atom is 0.339 e.